The summed E-state index contributed by atoms with van der Waals surface area (Å²) in [6.45, 7) is 2.01. The SMILES string of the molecule is COC(=O)C(Br)CNCCCOc1ccccc1. The maximum atomic E-state index is 11.1. The summed E-state index contributed by atoms with van der Waals surface area (Å²) < 4.78 is 10.1. The van der Waals surface area contributed by atoms with E-state index in [4.69, 9.17) is 4.74 Å². The number of nitrogens with one attached hydrogen (secondary N) is 1. The molecule has 0 radical (unpaired) electrons. The predicted octanol–water partition coefficient (Wildman–Crippen LogP) is 1.98. The first kappa shape index (κ1) is 15.0. The van der Waals surface area contributed by atoms with Gasteiger partial charge in [-0.3, -0.25) is 4.79 Å². The van der Waals surface area contributed by atoms with Crippen molar-refractivity contribution in [2.45, 2.75) is 11.2 Å². The molecule has 0 heterocycles. The number of esters is 1. The number of alkyl halides is 1. The van der Waals surface area contributed by atoms with E-state index in [-0.39, 0.29) is 10.8 Å². The van der Waals surface area contributed by atoms with Crippen LogP contribution in [0.2, 0.25) is 0 Å². The summed E-state index contributed by atoms with van der Waals surface area (Å²) in [5.41, 5.74) is 0. The van der Waals surface area contributed by atoms with E-state index in [2.05, 4.69) is 26.0 Å². The minimum Gasteiger partial charge on any atom is -0.494 e. The highest BCUT2D eigenvalue weighted by atomic mass is 79.9. The third kappa shape index (κ3) is 6.02. The van der Waals surface area contributed by atoms with Crippen LogP contribution >= 0.6 is 15.9 Å². The van der Waals surface area contributed by atoms with Gasteiger partial charge in [0.25, 0.3) is 0 Å². The van der Waals surface area contributed by atoms with Crippen LogP contribution in [0.1, 0.15) is 6.42 Å². The molecule has 0 aliphatic heterocycles. The van der Waals surface area contributed by atoms with Crippen LogP contribution in [0.25, 0.3) is 0 Å². The average molecular weight is 316 g/mol. The lowest BCUT2D eigenvalue weighted by molar-refractivity contribution is -0.139. The highest BCUT2D eigenvalue weighted by Gasteiger charge is 2.13. The van der Waals surface area contributed by atoms with Gasteiger partial charge in [-0.15, -0.1) is 0 Å². The Hall–Kier alpha value is -1.07. The number of rotatable bonds is 8. The fourth-order valence-electron chi connectivity index (χ4n) is 1.34. The molecule has 0 saturated carbocycles. The van der Waals surface area contributed by atoms with Gasteiger partial charge < -0.3 is 14.8 Å². The molecule has 1 aromatic rings. The number of para-hydroxylation sites is 1. The van der Waals surface area contributed by atoms with Crippen LogP contribution in [0.5, 0.6) is 5.75 Å². The molecule has 4 nitrogen and oxygen atoms in total. The van der Waals surface area contributed by atoms with Gasteiger partial charge in [-0.2, -0.15) is 0 Å². The van der Waals surface area contributed by atoms with Crippen LogP contribution in [0.3, 0.4) is 0 Å². The first-order valence-corrected chi connectivity index (χ1v) is 6.76. The van der Waals surface area contributed by atoms with Crippen molar-refractivity contribution in [3.63, 3.8) is 0 Å². The Balaban J connectivity index is 2.01. The molecular formula is C13H18BrNO3. The summed E-state index contributed by atoms with van der Waals surface area (Å²) in [6, 6.07) is 9.70. The first-order chi connectivity index (χ1) is 8.74. The van der Waals surface area contributed by atoms with Crippen LogP contribution < -0.4 is 10.1 Å². The van der Waals surface area contributed by atoms with E-state index in [1.807, 2.05) is 30.3 Å². The molecule has 18 heavy (non-hydrogen) atoms. The van der Waals surface area contributed by atoms with Gasteiger partial charge in [0.15, 0.2) is 0 Å². The Morgan fingerprint density at radius 3 is 2.78 bits per heavy atom. The van der Waals surface area contributed by atoms with Crippen molar-refractivity contribution in [1.29, 1.82) is 0 Å². The summed E-state index contributed by atoms with van der Waals surface area (Å²) in [4.78, 5) is 10.8. The number of carbonyl (C=O) groups is 1. The third-order valence-corrected chi connectivity index (χ3v) is 2.99. The van der Waals surface area contributed by atoms with Gasteiger partial charge in [-0.05, 0) is 25.1 Å². The van der Waals surface area contributed by atoms with Crippen molar-refractivity contribution in [2.75, 3.05) is 26.8 Å². The molecule has 0 aromatic heterocycles. The molecule has 100 valence electrons. The zero-order valence-electron chi connectivity index (χ0n) is 10.4. The van der Waals surface area contributed by atoms with E-state index >= 15 is 0 Å². The molecule has 0 spiro atoms. The van der Waals surface area contributed by atoms with Crippen LogP contribution in [0.15, 0.2) is 30.3 Å². The first-order valence-electron chi connectivity index (χ1n) is 5.84. The molecule has 0 aliphatic rings. The number of hydrogen-bond acceptors (Lipinski definition) is 4. The lowest BCUT2D eigenvalue weighted by atomic mass is 10.3. The molecule has 5 heteroatoms. The number of ether oxygens (including phenoxy) is 2. The Bertz CT molecular complexity index is 345. The zero-order chi connectivity index (χ0) is 13.2. The van der Waals surface area contributed by atoms with E-state index in [1.165, 1.54) is 7.11 Å². The number of halogens is 1. The topological polar surface area (TPSA) is 47.6 Å². The summed E-state index contributed by atoms with van der Waals surface area (Å²) in [5.74, 6) is 0.619. The van der Waals surface area contributed by atoms with Crippen molar-refractivity contribution in [2.24, 2.45) is 0 Å². The second-order valence-electron chi connectivity index (χ2n) is 3.71. The second kappa shape index (κ2) is 8.94. The quantitative estimate of drug-likeness (QED) is 0.453. The Morgan fingerprint density at radius 1 is 1.39 bits per heavy atom. The van der Waals surface area contributed by atoms with Gasteiger partial charge in [-0.25, -0.2) is 0 Å². The van der Waals surface area contributed by atoms with Crippen LogP contribution in [0.4, 0.5) is 0 Å². The van der Waals surface area contributed by atoms with Gasteiger partial charge in [0.1, 0.15) is 10.6 Å². The molecule has 1 rings (SSSR count). The number of hydrogen-bond donors (Lipinski definition) is 1. The van der Waals surface area contributed by atoms with Gasteiger partial charge in [0.2, 0.25) is 0 Å². The second-order valence-corrected chi connectivity index (χ2v) is 4.82. The Kier molecular flexibility index (Phi) is 7.44. The van der Waals surface area contributed by atoms with Gasteiger partial charge >= 0.3 is 5.97 Å². The standard InChI is InChI=1S/C13H18BrNO3/c1-17-13(16)12(14)10-15-8-5-9-18-11-6-3-2-4-7-11/h2-4,6-7,12,15H,5,8-10H2,1H3. The third-order valence-electron chi connectivity index (χ3n) is 2.29. The van der Waals surface area contributed by atoms with E-state index in [0.717, 1.165) is 18.7 Å². The van der Waals surface area contributed by atoms with Gasteiger partial charge in [-0.1, -0.05) is 34.1 Å². The average Bonchev–Trinajstić information content (AvgIpc) is 2.42. The summed E-state index contributed by atoms with van der Waals surface area (Å²) in [7, 11) is 1.38. The summed E-state index contributed by atoms with van der Waals surface area (Å²) in [6.07, 6.45) is 0.885. The number of benzene rings is 1. The Morgan fingerprint density at radius 2 is 2.11 bits per heavy atom. The van der Waals surface area contributed by atoms with Crippen LogP contribution in [-0.2, 0) is 9.53 Å². The van der Waals surface area contributed by atoms with Crippen molar-refractivity contribution in [3.8, 4) is 5.75 Å². The van der Waals surface area contributed by atoms with E-state index in [1.54, 1.807) is 0 Å². The van der Waals surface area contributed by atoms with Gasteiger partial charge in [0.05, 0.1) is 13.7 Å². The zero-order valence-corrected chi connectivity index (χ0v) is 12.0. The largest absolute Gasteiger partial charge is 0.494 e. The van der Waals surface area contributed by atoms with Crippen LogP contribution in [-0.4, -0.2) is 37.6 Å². The maximum absolute atomic E-state index is 11.1. The normalized spacial score (nSPS) is 11.9. The highest BCUT2D eigenvalue weighted by Crippen LogP contribution is 2.08. The fourth-order valence-corrected chi connectivity index (χ4v) is 1.76. The predicted molar refractivity (Wildman–Crippen MR) is 74.2 cm³/mol. The van der Waals surface area contributed by atoms with Crippen molar-refractivity contribution in [3.05, 3.63) is 30.3 Å². The smallest absolute Gasteiger partial charge is 0.320 e. The minimum atomic E-state index is -0.294. The lowest BCUT2D eigenvalue weighted by Gasteiger charge is -2.09. The van der Waals surface area contributed by atoms with Gasteiger partial charge in [0, 0.05) is 6.54 Å². The lowest BCUT2D eigenvalue weighted by Crippen LogP contribution is -2.30. The molecule has 0 bridgehead atoms. The summed E-state index contributed by atoms with van der Waals surface area (Å²) in [5, 5.41) is 3.16. The number of methoxy groups -OCH3 is 1. The van der Waals surface area contributed by atoms with Crippen molar-refractivity contribution in [1.82, 2.24) is 5.32 Å². The highest BCUT2D eigenvalue weighted by molar-refractivity contribution is 9.10. The number of carbonyl (C=O) groups excluding carboxylic acids is 1. The van der Waals surface area contributed by atoms with Crippen molar-refractivity contribution >= 4 is 21.9 Å². The molecule has 1 unspecified atom stereocenters. The molecule has 1 N–H and O–H groups in total. The molecule has 1 atom stereocenters. The molecule has 1 aromatic carbocycles. The maximum Gasteiger partial charge on any atom is 0.320 e. The van der Waals surface area contributed by atoms with Crippen molar-refractivity contribution < 1.29 is 14.3 Å². The minimum absolute atomic E-state index is 0.261. The van der Waals surface area contributed by atoms with E-state index < -0.39 is 0 Å². The molecule has 0 aliphatic carbocycles. The summed E-state index contributed by atoms with van der Waals surface area (Å²) >= 11 is 3.24. The molecule has 0 fully saturated rings. The fraction of sp³-hybridized carbons (Fsp3) is 0.462. The Labute approximate surface area is 116 Å². The van der Waals surface area contributed by atoms with E-state index in [9.17, 15) is 4.79 Å². The molecule has 0 amide bonds. The monoisotopic (exact) mass is 315 g/mol. The van der Waals surface area contributed by atoms with Crippen LogP contribution in [0, 0.1) is 0 Å². The van der Waals surface area contributed by atoms with E-state index in [0.29, 0.717) is 13.2 Å². The molecular weight excluding hydrogens is 298 g/mol. The molecule has 0 saturated heterocycles.